The van der Waals surface area contributed by atoms with Gasteiger partial charge in [-0.1, -0.05) is 29.5 Å². The molecule has 8 heteroatoms. The van der Waals surface area contributed by atoms with E-state index >= 15 is 0 Å². The summed E-state index contributed by atoms with van der Waals surface area (Å²) in [5, 5.41) is 11.9. The van der Waals surface area contributed by atoms with Crippen LogP contribution in [0, 0.1) is 13.8 Å². The van der Waals surface area contributed by atoms with E-state index in [1.54, 1.807) is 37.4 Å². The molecule has 0 bridgehead atoms. The number of methoxy groups -OCH3 is 1. The molecule has 0 radical (unpaired) electrons. The van der Waals surface area contributed by atoms with Gasteiger partial charge in [0.1, 0.15) is 23.4 Å². The zero-order valence-electron chi connectivity index (χ0n) is 21.4. The fraction of sp³-hybridized carbons (Fsp3) is 0.233. The van der Waals surface area contributed by atoms with Crippen molar-refractivity contribution in [3.8, 4) is 11.5 Å². The van der Waals surface area contributed by atoms with Crippen LogP contribution in [-0.2, 0) is 16.0 Å². The van der Waals surface area contributed by atoms with Crippen molar-refractivity contribution in [2.24, 2.45) is 0 Å². The minimum atomic E-state index is -0.879. The monoisotopic (exact) mass is 526 g/mol. The predicted octanol–water partition coefficient (Wildman–Crippen LogP) is 5.87. The Kier molecular flexibility index (Phi) is 5.72. The minimum Gasteiger partial charge on any atom is -0.507 e. The number of rotatable bonds is 4. The van der Waals surface area contributed by atoms with Gasteiger partial charge in [0.15, 0.2) is 5.13 Å². The maximum atomic E-state index is 13.6. The zero-order chi connectivity index (χ0) is 26.7. The zero-order valence-corrected chi connectivity index (χ0v) is 22.3. The molecule has 38 heavy (non-hydrogen) atoms. The van der Waals surface area contributed by atoms with Crippen molar-refractivity contribution in [1.82, 2.24) is 4.98 Å². The van der Waals surface area contributed by atoms with Crippen LogP contribution in [0.5, 0.6) is 11.5 Å². The third-order valence-corrected chi connectivity index (χ3v) is 8.05. The van der Waals surface area contributed by atoms with Gasteiger partial charge in [0.05, 0.1) is 28.9 Å². The second-order valence-corrected chi connectivity index (χ2v) is 10.8. The number of thiazole rings is 1. The third kappa shape index (κ3) is 3.83. The molecule has 3 heterocycles. The van der Waals surface area contributed by atoms with Crippen molar-refractivity contribution in [2.75, 3.05) is 12.0 Å². The molecule has 0 spiro atoms. The van der Waals surface area contributed by atoms with Gasteiger partial charge < -0.3 is 14.6 Å². The SMILES string of the molecule is COc1cccc(C2/C(=C(/O)c3ccc4c(c3)CC(C)O4)C(=O)C(=O)N2c2nc3c(C)cc(C)cc3s2)c1. The van der Waals surface area contributed by atoms with Crippen molar-refractivity contribution in [3.63, 3.8) is 0 Å². The molecular formula is C30H26N2O5S. The molecule has 2 aliphatic heterocycles. The van der Waals surface area contributed by atoms with E-state index in [0.717, 1.165) is 32.7 Å². The quantitative estimate of drug-likeness (QED) is 0.203. The Labute approximate surface area is 224 Å². The highest BCUT2D eigenvalue weighted by Crippen LogP contribution is 2.45. The van der Waals surface area contributed by atoms with Crippen molar-refractivity contribution in [3.05, 3.63) is 88.0 Å². The topological polar surface area (TPSA) is 89.0 Å². The van der Waals surface area contributed by atoms with Gasteiger partial charge in [-0.05, 0) is 79.4 Å². The molecular weight excluding hydrogens is 500 g/mol. The number of hydrogen-bond acceptors (Lipinski definition) is 7. The van der Waals surface area contributed by atoms with Gasteiger partial charge in [0, 0.05) is 12.0 Å². The number of anilines is 1. The second-order valence-electron chi connectivity index (χ2n) is 9.83. The molecule has 1 amide bonds. The summed E-state index contributed by atoms with van der Waals surface area (Å²) >= 11 is 1.35. The first-order chi connectivity index (χ1) is 18.2. The summed E-state index contributed by atoms with van der Waals surface area (Å²) in [5.74, 6) is -0.376. The van der Waals surface area contributed by atoms with Crippen molar-refractivity contribution in [2.45, 2.75) is 39.3 Å². The Morgan fingerprint density at radius 3 is 2.74 bits per heavy atom. The van der Waals surface area contributed by atoms with Crippen LogP contribution < -0.4 is 14.4 Å². The molecule has 1 fully saturated rings. The molecule has 2 unspecified atom stereocenters. The molecule has 1 saturated heterocycles. The molecule has 7 nitrogen and oxygen atoms in total. The molecule has 192 valence electrons. The first kappa shape index (κ1) is 24.2. The first-order valence-corrected chi connectivity index (χ1v) is 13.2. The van der Waals surface area contributed by atoms with Gasteiger partial charge in [0.25, 0.3) is 5.78 Å². The van der Waals surface area contributed by atoms with E-state index in [1.165, 1.54) is 16.2 Å². The Balaban J connectivity index is 1.55. The second kappa shape index (κ2) is 8.99. The van der Waals surface area contributed by atoms with Crippen LogP contribution >= 0.6 is 11.3 Å². The lowest BCUT2D eigenvalue weighted by molar-refractivity contribution is -0.132. The van der Waals surface area contributed by atoms with Gasteiger partial charge in [-0.2, -0.15) is 0 Å². The lowest BCUT2D eigenvalue weighted by Gasteiger charge is -2.23. The lowest BCUT2D eigenvalue weighted by atomic mass is 9.94. The van der Waals surface area contributed by atoms with Crippen LogP contribution in [-0.4, -0.2) is 35.0 Å². The summed E-state index contributed by atoms with van der Waals surface area (Å²) in [7, 11) is 1.56. The normalized spacial score (nSPS) is 20.2. The van der Waals surface area contributed by atoms with Crippen LogP contribution in [0.3, 0.4) is 0 Å². The fourth-order valence-corrected chi connectivity index (χ4v) is 6.51. The van der Waals surface area contributed by atoms with Crippen LogP contribution in [0.25, 0.3) is 16.0 Å². The number of benzene rings is 3. The number of aryl methyl sites for hydroxylation is 2. The number of fused-ring (bicyclic) bond motifs is 2. The van der Waals surface area contributed by atoms with E-state index in [9.17, 15) is 14.7 Å². The highest BCUT2D eigenvalue weighted by atomic mass is 32.1. The van der Waals surface area contributed by atoms with E-state index in [0.29, 0.717) is 28.4 Å². The van der Waals surface area contributed by atoms with Crippen LogP contribution in [0.1, 0.15) is 40.8 Å². The molecule has 2 aliphatic rings. The summed E-state index contributed by atoms with van der Waals surface area (Å²) in [4.78, 5) is 33.4. The van der Waals surface area contributed by atoms with E-state index in [-0.39, 0.29) is 17.4 Å². The summed E-state index contributed by atoms with van der Waals surface area (Å²) < 4.78 is 12.2. The fourth-order valence-electron chi connectivity index (χ4n) is 5.34. The smallest absolute Gasteiger partial charge is 0.301 e. The Hall–Kier alpha value is -4.17. The van der Waals surface area contributed by atoms with Crippen LogP contribution in [0.2, 0.25) is 0 Å². The third-order valence-electron chi connectivity index (χ3n) is 7.05. The number of ketones is 1. The number of Topliss-reactive ketones (excluding diaryl/α,β-unsaturated/α-hetero) is 1. The largest absolute Gasteiger partial charge is 0.507 e. The summed E-state index contributed by atoms with van der Waals surface area (Å²) in [6, 6.07) is 15.7. The summed E-state index contributed by atoms with van der Waals surface area (Å²) in [6.07, 6.45) is 0.741. The van der Waals surface area contributed by atoms with E-state index in [4.69, 9.17) is 14.5 Å². The van der Waals surface area contributed by atoms with Gasteiger partial charge in [-0.25, -0.2) is 4.98 Å². The number of carbonyl (C=O) groups excluding carboxylic acids is 2. The Bertz CT molecular complexity index is 1670. The van der Waals surface area contributed by atoms with E-state index in [2.05, 4.69) is 0 Å². The summed E-state index contributed by atoms with van der Waals surface area (Å²) in [5.41, 5.74) is 4.93. The maximum absolute atomic E-state index is 13.6. The van der Waals surface area contributed by atoms with Crippen LogP contribution in [0.15, 0.2) is 60.2 Å². The Morgan fingerprint density at radius 2 is 1.95 bits per heavy atom. The maximum Gasteiger partial charge on any atom is 0.301 e. The molecule has 4 aromatic rings. The van der Waals surface area contributed by atoms with Gasteiger partial charge >= 0.3 is 5.91 Å². The highest BCUT2D eigenvalue weighted by molar-refractivity contribution is 7.22. The van der Waals surface area contributed by atoms with Crippen molar-refractivity contribution in [1.29, 1.82) is 0 Å². The van der Waals surface area contributed by atoms with E-state index in [1.807, 2.05) is 45.0 Å². The molecule has 1 aromatic heterocycles. The summed E-state index contributed by atoms with van der Waals surface area (Å²) in [6.45, 7) is 5.97. The van der Waals surface area contributed by atoms with E-state index < -0.39 is 17.7 Å². The number of hydrogen-bond donors (Lipinski definition) is 1. The average Bonchev–Trinajstić information content (AvgIpc) is 3.56. The average molecular weight is 527 g/mol. The molecule has 0 saturated carbocycles. The van der Waals surface area contributed by atoms with Gasteiger partial charge in [-0.15, -0.1) is 0 Å². The standard InChI is InChI=1S/C30H26N2O5S/c1-15-10-16(2)25-23(11-15)38-30(31-25)32-26(18-6-5-7-21(14-18)36-4)24(28(34)29(32)35)27(33)19-8-9-22-20(13-19)12-17(3)37-22/h5-11,13-14,17,26,33H,12H2,1-4H3/b27-24-. The number of nitrogens with zero attached hydrogens (tertiary/aromatic N) is 2. The first-order valence-electron chi connectivity index (χ1n) is 12.4. The molecule has 0 aliphatic carbocycles. The number of aliphatic hydroxyl groups is 1. The molecule has 3 aromatic carbocycles. The number of ether oxygens (including phenoxy) is 2. The number of aromatic nitrogens is 1. The molecule has 2 atom stereocenters. The minimum absolute atomic E-state index is 0.0160. The van der Waals surface area contributed by atoms with Crippen LogP contribution in [0.4, 0.5) is 5.13 Å². The number of aliphatic hydroxyl groups excluding tert-OH is 1. The van der Waals surface area contributed by atoms with Gasteiger partial charge in [-0.3, -0.25) is 14.5 Å². The highest BCUT2D eigenvalue weighted by Gasteiger charge is 2.48. The number of amides is 1. The lowest BCUT2D eigenvalue weighted by Crippen LogP contribution is -2.29. The van der Waals surface area contributed by atoms with Crippen molar-refractivity contribution >= 4 is 44.1 Å². The Morgan fingerprint density at radius 1 is 1.13 bits per heavy atom. The van der Waals surface area contributed by atoms with Gasteiger partial charge in [0.2, 0.25) is 0 Å². The molecule has 1 N–H and O–H groups in total. The predicted molar refractivity (Wildman–Crippen MR) is 147 cm³/mol. The van der Waals surface area contributed by atoms with Crippen molar-refractivity contribution < 1.29 is 24.2 Å². The molecule has 6 rings (SSSR count). The number of carbonyl (C=O) groups is 2.